The third kappa shape index (κ3) is 3.34. The highest BCUT2D eigenvalue weighted by molar-refractivity contribution is 6.02. The van der Waals surface area contributed by atoms with Crippen LogP contribution in [0.3, 0.4) is 0 Å². The van der Waals surface area contributed by atoms with E-state index in [9.17, 15) is 4.79 Å². The van der Waals surface area contributed by atoms with E-state index in [4.69, 9.17) is 4.74 Å². The van der Waals surface area contributed by atoms with Crippen LogP contribution in [0.25, 0.3) is 10.9 Å². The molecule has 0 spiro atoms. The van der Waals surface area contributed by atoms with Crippen molar-refractivity contribution in [2.75, 3.05) is 5.32 Å². The number of rotatable bonds is 4. The van der Waals surface area contributed by atoms with E-state index < -0.39 is 0 Å². The molecule has 0 bridgehead atoms. The summed E-state index contributed by atoms with van der Waals surface area (Å²) in [5.74, 6) is 1.02. The molecule has 6 heteroatoms. The van der Waals surface area contributed by atoms with Crippen LogP contribution in [-0.2, 0) is 0 Å². The van der Waals surface area contributed by atoms with Crippen molar-refractivity contribution >= 4 is 22.5 Å². The average molecular weight is 342 g/mol. The third-order valence-electron chi connectivity index (χ3n) is 3.73. The Morgan fingerprint density at radius 1 is 0.885 bits per heavy atom. The van der Waals surface area contributed by atoms with Crippen molar-refractivity contribution < 1.29 is 9.53 Å². The highest BCUT2D eigenvalue weighted by atomic mass is 16.5. The summed E-state index contributed by atoms with van der Waals surface area (Å²) in [5, 5.41) is 3.78. The van der Waals surface area contributed by atoms with Crippen LogP contribution in [0.4, 0.5) is 5.69 Å². The lowest BCUT2D eigenvalue weighted by Crippen LogP contribution is -2.13. The normalized spacial score (nSPS) is 10.5. The number of fused-ring (bicyclic) bond motifs is 1. The molecule has 4 aromatic rings. The number of carbonyl (C=O) groups excluding carboxylic acids is 1. The zero-order valence-electron chi connectivity index (χ0n) is 13.7. The predicted octanol–water partition coefficient (Wildman–Crippen LogP) is 4.07. The number of nitrogens with zero attached hydrogens (tertiary/aromatic N) is 3. The standard InChI is InChI=1S/C20H14N4O2/c25-20(17-13-21-11-12-22-17)24-15-6-8-16(9-7-15)26-18-5-1-3-14-4-2-10-23-19(14)18/h1-13H,(H,24,25). The Bertz CT molecular complexity index is 1040. The Labute approximate surface area is 149 Å². The monoisotopic (exact) mass is 342 g/mol. The van der Waals surface area contributed by atoms with Gasteiger partial charge in [-0.2, -0.15) is 0 Å². The molecule has 1 N–H and O–H groups in total. The van der Waals surface area contributed by atoms with Gasteiger partial charge in [-0.1, -0.05) is 18.2 Å². The van der Waals surface area contributed by atoms with Crippen LogP contribution in [0.15, 0.2) is 79.4 Å². The van der Waals surface area contributed by atoms with Crippen LogP contribution in [0.5, 0.6) is 11.5 Å². The molecule has 0 aliphatic heterocycles. The minimum absolute atomic E-state index is 0.259. The largest absolute Gasteiger partial charge is 0.455 e. The molecule has 2 heterocycles. The molecule has 2 aromatic heterocycles. The molecule has 26 heavy (non-hydrogen) atoms. The number of carbonyl (C=O) groups is 1. The van der Waals surface area contributed by atoms with Crippen molar-refractivity contribution in [3.8, 4) is 11.5 Å². The zero-order chi connectivity index (χ0) is 17.8. The Morgan fingerprint density at radius 3 is 2.54 bits per heavy atom. The van der Waals surface area contributed by atoms with E-state index in [0.29, 0.717) is 17.2 Å². The lowest BCUT2D eigenvalue weighted by Gasteiger charge is -2.09. The fourth-order valence-corrected chi connectivity index (χ4v) is 2.50. The first-order valence-corrected chi connectivity index (χ1v) is 7.99. The molecule has 1 amide bonds. The summed E-state index contributed by atoms with van der Waals surface area (Å²) < 4.78 is 5.94. The molecule has 0 aliphatic rings. The van der Waals surface area contributed by atoms with E-state index >= 15 is 0 Å². The van der Waals surface area contributed by atoms with Gasteiger partial charge >= 0.3 is 0 Å². The first kappa shape index (κ1) is 15.7. The van der Waals surface area contributed by atoms with Crippen LogP contribution in [0.1, 0.15) is 10.5 Å². The molecular weight excluding hydrogens is 328 g/mol. The molecule has 6 nitrogen and oxygen atoms in total. The average Bonchev–Trinajstić information content (AvgIpc) is 2.70. The number of pyridine rings is 1. The maximum absolute atomic E-state index is 12.1. The molecule has 0 unspecified atom stereocenters. The second-order valence-electron chi connectivity index (χ2n) is 5.50. The van der Waals surface area contributed by atoms with Crippen molar-refractivity contribution in [2.45, 2.75) is 0 Å². The van der Waals surface area contributed by atoms with E-state index in [-0.39, 0.29) is 11.6 Å². The summed E-state index contributed by atoms with van der Waals surface area (Å²) in [7, 11) is 0. The lowest BCUT2D eigenvalue weighted by molar-refractivity contribution is 0.102. The van der Waals surface area contributed by atoms with Gasteiger partial charge < -0.3 is 10.1 Å². The molecular formula is C20H14N4O2. The smallest absolute Gasteiger partial charge is 0.275 e. The van der Waals surface area contributed by atoms with Gasteiger partial charge in [-0.05, 0) is 36.4 Å². The molecule has 126 valence electrons. The summed E-state index contributed by atoms with van der Waals surface area (Å²) in [6, 6.07) is 16.8. The number of hydrogen-bond donors (Lipinski definition) is 1. The molecule has 0 atom stereocenters. The Morgan fingerprint density at radius 2 is 1.73 bits per heavy atom. The molecule has 4 rings (SSSR count). The van der Waals surface area contributed by atoms with E-state index in [1.54, 1.807) is 30.5 Å². The second-order valence-corrected chi connectivity index (χ2v) is 5.50. The van der Waals surface area contributed by atoms with Gasteiger partial charge in [0.1, 0.15) is 17.0 Å². The van der Waals surface area contributed by atoms with E-state index in [1.165, 1.54) is 18.6 Å². The number of anilines is 1. The third-order valence-corrected chi connectivity index (χ3v) is 3.73. The molecule has 0 fully saturated rings. The van der Waals surface area contributed by atoms with Gasteiger partial charge in [0.05, 0.1) is 6.20 Å². The number of amides is 1. The van der Waals surface area contributed by atoms with Crippen molar-refractivity contribution in [1.82, 2.24) is 15.0 Å². The molecule has 2 aromatic carbocycles. The maximum Gasteiger partial charge on any atom is 0.275 e. The number of hydrogen-bond acceptors (Lipinski definition) is 5. The number of benzene rings is 2. The number of para-hydroxylation sites is 1. The fraction of sp³-hybridized carbons (Fsp3) is 0. The number of nitrogens with one attached hydrogen (secondary N) is 1. The lowest BCUT2D eigenvalue weighted by atomic mass is 10.2. The summed E-state index contributed by atoms with van der Waals surface area (Å²) in [5.41, 5.74) is 1.70. The highest BCUT2D eigenvalue weighted by Crippen LogP contribution is 2.28. The van der Waals surface area contributed by atoms with Crippen LogP contribution < -0.4 is 10.1 Å². The maximum atomic E-state index is 12.1. The van der Waals surface area contributed by atoms with Crippen LogP contribution in [-0.4, -0.2) is 20.9 Å². The van der Waals surface area contributed by atoms with Crippen LogP contribution in [0.2, 0.25) is 0 Å². The van der Waals surface area contributed by atoms with Gasteiger partial charge in [0.25, 0.3) is 5.91 Å². The van der Waals surface area contributed by atoms with Gasteiger partial charge in [-0.25, -0.2) is 4.98 Å². The van der Waals surface area contributed by atoms with E-state index in [2.05, 4.69) is 20.3 Å². The summed E-state index contributed by atoms with van der Waals surface area (Å²) in [4.78, 5) is 24.3. The van der Waals surface area contributed by atoms with Crippen molar-refractivity contribution in [3.05, 3.63) is 85.1 Å². The van der Waals surface area contributed by atoms with Crippen LogP contribution in [0, 0.1) is 0 Å². The fourth-order valence-electron chi connectivity index (χ4n) is 2.50. The number of aromatic nitrogens is 3. The van der Waals surface area contributed by atoms with Crippen molar-refractivity contribution in [2.24, 2.45) is 0 Å². The Balaban J connectivity index is 1.50. The van der Waals surface area contributed by atoms with Crippen molar-refractivity contribution in [3.63, 3.8) is 0 Å². The topological polar surface area (TPSA) is 77.0 Å². The molecule has 0 aliphatic carbocycles. The summed E-state index contributed by atoms with van der Waals surface area (Å²) >= 11 is 0. The zero-order valence-corrected chi connectivity index (χ0v) is 13.7. The summed E-state index contributed by atoms with van der Waals surface area (Å²) in [6.07, 6.45) is 6.15. The highest BCUT2D eigenvalue weighted by Gasteiger charge is 2.08. The minimum Gasteiger partial charge on any atom is -0.455 e. The second kappa shape index (κ2) is 6.98. The van der Waals surface area contributed by atoms with Crippen LogP contribution >= 0.6 is 0 Å². The van der Waals surface area contributed by atoms with Gasteiger partial charge in [0.15, 0.2) is 5.75 Å². The summed E-state index contributed by atoms with van der Waals surface area (Å²) in [6.45, 7) is 0. The Hall–Kier alpha value is -3.80. The van der Waals surface area contributed by atoms with Gasteiger partial charge in [-0.3, -0.25) is 14.8 Å². The minimum atomic E-state index is -0.315. The van der Waals surface area contributed by atoms with Gasteiger partial charge in [0, 0.05) is 29.7 Å². The first-order valence-electron chi connectivity index (χ1n) is 7.99. The molecule has 0 saturated carbocycles. The molecule has 0 saturated heterocycles. The molecule has 0 radical (unpaired) electrons. The Kier molecular flexibility index (Phi) is 4.22. The van der Waals surface area contributed by atoms with Crippen molar-refractivity contribution in [1.29, 1.82) is 0 Å². The predicted molar refractivity (Wildman–Crippen MR) is 98.2 cm³/mol. The SMILES string of the molecule is O=C(Nc1ccc(Oc2cccc3cccnc23)cc1)c1cnccn1. The quantitative estimate of drug-likeness (QED) is 0.605. The number of ether oxygens (including phenoxy) is 1. The first-order chi connectivity index (χ1) is 12.8. The van der Waals surface area contributed by atoms with Gasteiger partial charge in [0.2, 0.25) is 0 Å². The van der Waals surface area contributed by atoms with E-state index in [0.717, 1.165) is 10.9 Å². The van der Waals surface area contributed by atoms with Gasteiger partial charge in [-0.15, -0.1) is 0 Å². The van der Waals surface area contributed by atoms with E-state index in [1.807, 2.05) is 30.3 Å².